The van der Waals surface area contributed by atoms with Gasteiger partial charge in [-0.15, -0.1) is 0 Å². The van der Waals surface area contributed by atoms with Crippen molar-refractivity contribution in [2.24, 2.45) is 7.05 Å². The van der Waals surface area contributed by atoms with Crippen LogP contribution in [0, 0.1) is 0 Å². The summed E-state index contributed by atoms with van der Waals surface area (Å²) in [6.45, 7) is 3.68. The van der Waals surface area contributed by atoms with E-state index in [1.54, 1.807) is 29.7 Å². The molecule has 1 aliphatic heterocycles. The largest absolute Gasteiger partial charge is 0.357 e. The molecule has 7 nitrogen and oxygen atoms in total. The van der Waals surface area contributed by atoms with E-state index in [0.29, 0.717) is 25.3 Å². The van der Waals surface area contributed by atoms with Gasteiger partial charge in [0.15, 0.2) is 0 Å². The molecular formula is C13H21N5O2. The van der Waals surface area contributed by atoms with Crippen molar-refractivity contribution in [3.05, 3.63) is 17.5 Å². The number of carbonyl (C=O) groups excluding carboxylic acids is 2. The van der Waals surface area contributed by atoms with Crippen molar-refractivity contribution in [1.29, 1.82) is 0 Å². The number of amides is 2. The summed E-state index contributed by atoms with van der Waals surface area (Å²) >= 11 is 0. The van der Waals surface area contributed by atoms with Gasteiger partial charge >= 0.3 is 0 Å². The second kappa shape index (κ2) is 6.04. The summed E-state index contributed by atoms with van der Waals surface area (Å²) in [5.41, 5.74) is 1.40. The lowest BCUT2D eigenvalue weighted by Gasteiger charge is -2.34. The highest BCUT2D eigenvalue weighted by molar-refractivity contribution is 5.96. The van der Waals surface area contributed by atoms with Gasteiger partial charge in [0, 0.05) is 33.7 Å². The Bertz CT molecular complexity index is 511. The normalized spacial score (nSPS) is 18.9. The molecule has 0 bridgehead atoms. The van der Waals surface area contributed by atoms with Gasteiger partial charge in [-0.2, -0.15) is 5.10 Å². The number of hydrogen-bond acceptors (Lipinski definition) is 4. The van der Waals surface area contributed by atoms with Crippen LogP contribution in [0.1, 0.15) is 23.1 Å². The van der Waals surface area contributed by atoms with Crippen molar-refractivity contribution in [2.75, 3.05) is 26.7 Å². The predicted octanol–water partition coefficient (Wildman–Crippen LogP) is -0.857. The Kier molecular flexibility index (Phi) is 4.39. The maximum Gasteiger partial charge on any atom is 0.272 e. The van der Waals surface area contributed by atoms with E-state index in [4.69, 9.17) is 0 Å². The van der Waals surface area contributed by atoms with E-state index in [9.17, 15) is 9.59 Å². The van der Waals surface area contributed by atoms with E-state index in [-0.39, 0.29) is 11.8 Å². The van der Waals surface area contributed by atoms with E-state index in [0.717, 1.165) is 12.1 Å². The van der Waals surface area contributed by atoms with Gasteiger partial charge in [-0.3, -0.25) is 14.3 Å². The summed E-state index contributed by atoms with van der Waals surface area (Å²) in [6, 6.07) is 1.33. The fourth-order valence-corrected chi connectivity index (χ4v) is 2.39. The number of hydrogen-bond donors (Lipinski definition) is 2. The van der Waals surface area contributed by atoms with Crippen molar-refractivity contribution in [3.63, 3.8) is 0 Å². The maximum atomic E-state index is 12.6. The minimum Gasteiger partial charge on any atom is -0.357 e. The zero-order valence-electron chi connectivity index (χ0n) is 12.1. The minimum absolute atomic E-state index is 0.144. The average molecular weight is 279 g/mol. The van der Waals surface area contributed by atoms with Crippen LogP contribution in [0.2, 0.25) is 0 Å². The molecule has 1 saturated heterocycles. The number of likely N-dealkylation sites (N-methyl/N-ethyl adjacent to an activating group) is 1. The molecule has 0 aliphatic carbocycles. The van der Waals surface area contributed by atoms with E-state index in [1.807, 2.05) is 6.92 Å². The molecule has 2 heterocycles. The zero-order valence-corrected chi connectivity index (χ0v) is 12.1. The number of aryl methyl sites for hydroxylation is 2. The Hall–Kier alpha value is -1.89. The first-order chi connectivity index (χ1) is 9.58. The third-order valence-electron chi connectivity index (χ3n) is 3.57. The van der Waals surface area contributed by atoms with E-state index < -0.39 is 6.04 Å². The standard InChI is InChI=1S/C13H21N5O2/c1-4-9-7-10(17(3)16-9)13(20)18-6-5-15-8-11(18)12(19)14-2/h7,11,15H,4-6,8H2,1-3H3,(H,14,19). The molecule has 0 saturated carbocycles. The van der Waals surface area contributed by atoms with Gasteiger partial charge in [0.2, 0.25) is 5.91 Å². The molecule has 2 N–H and O–H groups in total. The molecule has 0 spiro atoms. The van der Waals surface area contributed by atoms with Gasteiger partial charge in [-0.25, -0.2) is 0 Å². The van der Waals surface area contributed by atoms with E-state index in [2.05, 4.69) is 15.7 Å². The highest BCUT2D eigenvalue weighted by Gasteiger charge is 2.33. The fraction of sp³-hybridized carbons (Fsp3) is 0.615. The SMILES string of the molecule is CCc1cc(C(=O)N2CCNCC2C(=O)NC)n(C)n1. The topological polar surface area (TPSA) is 79.3 Å². The molecule has 20 heavy (non-hydrogen) atoms. The quantitative estimate of drug-likeness (QED) is 0.755. The zero-order chi connectivity index (χ0) is 14.7. The predicted molar refractivity (Wildman–Crippen MR) is 74.3 cm³/mol. The number of piperazine rings is 1. The summed E-state index contributed by atoms with van der Waals surface area (Å²) in [6.07, 6.45) is 0.779. The number of carbonyl (C=O) groups is 2. The van der Waals surface area contributed by atoms with Gasteiger partial charge in [-0.1, -0.05) is 6.92 Å². The van der Waals surface area contributed by atoms with Crippen LogP contribution in [0.4, 0.5) is 0 Å². The van der Waals surface area contributed by atoms with Crippen LogP contribution in [0.15, 0.2) is 6.07 Å². The Labute approximate surface area is 118 Å². The fourth-order valence-electron chi connectivity index (χ4n) is 2.39. The lowest BCUT2D eigenvalue weighted by Crippen LogP contribution is -2.59. The first-order valence-corrected chi connectivity index (χ1v) is 6.84. The first kappa shape index (κ1) is 14.5. The van der Waals surface area contributed by atoms with Crippen molar-refractivity contribution < 1.29 is 9.59 Å². The van der Waals surface area contributed by atoms with Crippen LogP contribution in [0.5, 0.6) is 0 Å². The highest BCUT2D eigenvalue weighted by Crippen LogP contribution is 2.12. The second-order valence-corrected chi connectivity index (χ2v) is 4.83. The molecule has 0 aromatic carbocycles. The number of nitrogens with zero attached hydrogens (tertiary/aromatic N) is 3. The minimum atomic E-state index is -0.471. The summed E-state index contributed by atoms with van der Waals surface area (Å²) in [7, 11) is 3.34. The number of nitrogens with one attached hydrogen (secondary N) is 2. The average Bonchev–Trinajstić information content (AvgIpc) is 2.86. The van der Waals surface area contributed by atoms with E-state index in [1.165, 1.54) is 0 Å². The molecule has 1 fully saturated rings. The Balaban J connectivity index is 2.25. The molecule has 0 radical (unpaired) electrons. The van der Waals surface area contributed by atoms with Crippen molar-refractivity contribution in [1.82, 2.24) is 25.3 Å². The first-order valence-electron chi connectivity index (χ1n) is 6.84. The Morgan fingerprint density at radius 1 is 1.55 bits per heavy atom. The molecule has 1 aliphatic rings. The Morgan fingerprint density at radius 3 is 2.90 bits per heavy atom. The third-order valence-corrected chi connectivity index (χ3v) is 3.57. The molecule has 1 unspecified atom stereocenters. The maximum absolute atomic E-state index is 12.6. The van der Waals surface area contributed by atoms with Crippen LogP contribution in [-0.2, 0) is 18.3 Å². The van der Waals surface area contributed by atoms with Crippen LogP contribution in [0.3, 0.4) is 0 Å². The van der Waals surface area contributed by atoms with Crippen molar-refractivity contribution in [2.45, 2.75) is 19.4 Å². The molecule has 1 atom stereocenters. The summed E-state index contributed by atoms with van der Waals surface area (Å²) in [4.78, 5) is 26.1. The summed E-state index contributed by atoms with van der Waals surface area (Å²) < 4.78 is 1.59. The van der Waals surface area contributed by atoms with Gasteiger partial charge < -0.3 is 15.5 Å². The smallest absolute Gasteiger partial charge is 0.272 e. The van der Waals surface area contributed by atoms with Crippen LogP contribution in [-0.4, -0.2) is 59.2 Å². The van der Waals surface area contributed by atoms with Gasteiger partial charge in [0.25, 0.3) is 5.91 Å². The molecule has 2 rings (SSSR count). The molecule has 1 aromatic heterocycles. The van der Waals surface area contributed by atoms with Crippen LogP contribution < -0.4 is 10.6 Å². The molecule has 2 amide bonds. The van der Waals surface area contributed by atoms with Gasteiger partial charge in [-0.05, 0) is 12.5 Å². The lowest BCUT2D eigenvalue weighted by atomic mass is 10.1. The van der Waals surface area contributed by atoms with Crippen molar-refractivity contribution >= 4 is 11.8 Å². The molecule has 1 aromatic rings. The molecule has 110 valence electrons. The van der Waals surface area contributed by atoms with Crippen molar-refractivity contribution in [3.8, 4) is 0 Å². The third kappa shape index (κ3) is 2.67. The second-order valence-electron chi connectivity index (χ2n) is 4.83. The summed E-state index contributed by atoms with van der Waals surface area (Å²) in [5, 5.41) is 10.0. The van der Waals surface area contributed by atoms with E-state index >= 15 is 0 Å². The highest BCUT2D eigenvalue weighted by atomic mass is 16.2. The van der Waals surface area contributed by atoms with Crippen LogP contribution in [0.25, 0.3) is 0 Å². The monoisotopic (exact) mass is 279 g/mol. The number of rotatable bonds is 3. The summed E-state index contributed by atoms with van der Waals surface area (Å²) in [5.74, 6) is -0.293. The number of aromatic nitrogens is 2. The van der Waals surface area contributed by atoms with Crippen LogP contribution >= 0.6 is 0 Å². The molecule has 7 heteroatoms. The van der Waals surface area contributed by atoms with Gasteiger partial charge in [0.1, 0.15) is 11.7 Å². The molecular weight excluding hydrogens is 258 g/mol. The van der Waals surface area contributed by atoms with Gasteiger partial charge in [0.05, 0.1) is 5.69 Å². The Morgan fingerprint density at radius 2 is 2.30 bits per heavy atom. The lowest BCUT2D eigenvalue weighted by molar-refractivity contribution is -0.125.